The van der Waals surface area contributed by atoms with Gasteiger partial charge in [-0.05, 0) is 52.5 Å². The van der Waals surface area contributed by atoms with Gasteiger partial charge in [0, 0.05) is 5.54 Å². The van der Waals surface area contributed by atoms with Gasteiger partial charge in [-0.25, -0.2) is 0 Å². The lowest BCUT2D eigenvalue weighted by molar-refractivity contribution is 0.138. The fraction of sp³-hybridized carbons (Fsp3) is 0.600. The lowest BCUT2D eigenvalue weighted by Gasteiger charge is -2.41. The van der Waals surface area contributed by atoms with Crippen molar-refractivity contribution in [1.82, 2.24) is 10.2 Å². The Hall–Kier alpha value is -0.860. The van der Waals surface area contributed by atoms with E-state index in [0.717, 1.165) is 6.54 Å². The SMILES string of the molecule is CCNC(c1ccccc1C)C(C)(C)N(C)C. The number of likely N-dealkylation sites (N-methyl/N-ethyl adjacent to an activating group) is 2. The molecule has 0 heterocycles. The summed E-state index contributed by atoms with van der Waals surface area (Å²) in [5.74, 6) is 0. The average molecular weight is 234 g/mol. The van der Waals surface area contributed by atoms with Crippen LogP contribution in [0.1, 0.15) is 37.9 Å². The smallest absolute Gasteiger partial charge is 0.0504 e. The molecular formula is C15H26N2. The number of hydrogen-bond acceptors (Lipinski definition) is 2. The summed E-state index contributed by atoms with van der Waals surface area (Å²) in [6.45, 7) is 9.90. The van der Waals surface area contributed by atoms with Gasteiger partial charge in [0.25, 0.3) is 0 Å². The highest BCUT2D eigenvalue weighted by Gasteiger charge is 2.32. The summed E-state index contributed by atoms with van der Waals surface area (Å²) in [4.78, 5) is 2.28. The molecule has 0 aliphatic carbocycles. The number of nitrogens with one attached hydrogen (secondary N) is 1. The maximum atomic E-state index is 3.62. The summed E-state index contributed by atoms with van der Waals surface area (Å²) in [6.07, 6.45) is 0. The third-order valence-corrected chi connectivity index (χ3v) is 3.77. The number of aryl methyl sites for hydroxylation is 1. The second-order valence-corrected chi connectivity index (χ2v) is 5.40. The van der Waals surface area contributed by atoms with Crippen molar-refractivity contribution in [2.24, 2.45) is 0 Å². The van der Waals surface area contributed by atoms with Crippen LogP contribution < -0.4 is 5.32 Å². The van der Waals surface area contributed by atoms with Crippen molar-refractivity contribution in [2.45, 2.75) is 39.3 Å². The fourth-order valence-corrected chi connectivity index (χ4v) is 2.11. The zero-order chi connectivity index (χ0) is 13.1. The topological polar surface area (TPSA) is 15.3 Å². The first-order valence-corrected chi connectivity index (χ1v) is 6.37. The van der Waals surface area contributed by atoms with Crippen molar-refractivity contribution in [3.05, 3.63) is 35.4 Å². The van der Waals surface area contributed by atoms with Crippen molar-refractivity contribution in [1.29, 1.82) is 0 Å². The monoisotopic (exact) mass is 234 g/mol. The van der Waals surface area contributed by atoms with Gasteiger partial charge in [0.2, 0.25) is 0 Å². The van der Waals surface area contributed by atoms with Crippen molar-refractivity contribution >= 4 is 0 Å². The lowest BCUT2D eigenvalue weighted by atomic mass is 9.85. The minimum Gasteiger partial charge on any atom is -0.309 e. The van der Waals surface area contributed by atoms with Crippen molar-refractivity contribution in [2.75, 3.05) is 20.6 Å². The molecule has 0 saturated heterocycles. The molecule has 0 radical (unpaired) electrons. The third kappa shape index (κ3) is 3.08. The molecule has 1 unspecified atom stereocenters. The van der Waals surface area contributed by atoms with Crippen LogP contribution in [-0.2, 0) is 0 Å². The van der Waals surface area contributed by atoms with Crippen LogP contribution in [0.15, 0.2) is 24.3 Å². The van der Waals surface area contributed by atoms with Crippen molar-refractivity contribution < 1.29 is 0 Å². The van der Waals surface area contributed by atoms with Crippen LogP contribution in [0.3, 0.4) is 0 Å². The van der Waals surface area contributed by atoms with Gasteiger partial charge < -0.3 is 10.2 Å². The van der Waals surface area contributed by atoms with Gasteiger partial charge >= 0.3 is 0 Å². The Morgan fingerprint density at radius 3 is 2.29 bits per heavy atom. The molecule has 0 fully saturated rings. The Balaban J connectivity index is 3.14. The van der Waals surface area contributed by atoms with E-state index in [9.17, 15) is 0 Å². The molecule has 96 valence electrons. The van der Waals surface area contributed by atoms with Crippen LogP contribution >= 0.6 is 0 Å². The molecule has 1 aromatic carbocycles. The Morgan fingerprint density at radius 2 is 1.82 bits per heavy atom. The summed E-state index contributed by atoms with van der Waals surface area (Å²) in [5.41, 5.74) is 2.84. The van der Waals surface area contributed by atoms with Crippen LogP contribution in [0.5, 0.6) is 0 Å². The molecule has 1 atom stereocenters. The molecule has 0 aromatic heterocycles. The molecule has 0 aliphatic heterocycles. The lowest BCUT2D eigenvalue weighted by Crippen LogP contribution is -2.49. The van der Waals surface area contributed by atoms with E-state index in [-0.39, 0.29) is 5.54 Å². The number of rotatable bonds is 5. The minimum absolute atomic E-state index is 0.0854. The normalized spacial score (nSPS) is 14.1. The number of benzene rings is 1. The predicted octanol–water partition coefficient (Wildman–Crippen LogP) is 2.99. The van der Waals surface area contributed by atoms with Crippen LogP contribution in [0.25, 0.3) is 0 Å². The van der Waals surface area contributed by atoms with Gasteiger partial charge in [0.1, 0.15) is 0 Å². The molecule has 1 N–H and O–H groups in total. The first-order valence-electron chi connectivity index (χ1n) is 6.37. The molecule has 2 nitrogen and oxygen atoms in total. The van der Waals surface area contributed by atoms with Crippen LogP contribution in [-0.4, -0.2) is 31.1 Å². The van der Waals surface area contributed by atoms with Gasteiger partial charge in [0.05, 0.1) is 6.04 Å². The first kappa shape index (κ1) is 14.2. The van der Waals surface area contributed by atoms with Crippen molar-refractivity contribution in [3.8, 4) is 0 Å². The predicted molar refractivity (Wildman–Crippen MR) is 75.4 cm³/mol. The van der Waals surface area contributed by atoms with E-state index < -0.39 is 0 Å². The summed E-state index contributed by atoms with van der Waals surface area (Å²) in [5, 5.41) is 3.62. The summed E-state index contributed by atoms with van der Waals surface area (Å²) in [7, 11) is 4.28. The second kappa shape index (κ2) is 5.65. The third-order valence-electron chi connectivity index (χ3n) is 3.77. The van der Waals surface area contributed by atoms with E-state index in [0.29, 0.717) is 6.04 Å². The van der Waals surface area contributed by atoms with Crippen LogP contribution in [0.4, 0.5) is 0 Å². The number of hydrogen-bond donors (Lipinski definition) is 1. The van der Waals surface area contributed by atoms with Gasteiger partial charge in [0.15, 0.2) is 0 Å². The maximum Gasteiger partial charge on any atom is 0.0504 e. The van der Waals surface area contributed by atoms with E-state index >= 15 is 0 Å². The summed E-state index contributed by atoms with van der Waals surface area (Å²) < 4.78 is 0. The molecule has 17 heavy (non-hydrogen) atoms. The molecule has 0 bridgehead atoms. The van der Waals surface area contributed by atoms with Gasteiger partial charge in [-0.2, -0.15) is 0 Å². The van der Waals surface area contributed by atoms with E-state index in [1.165, 1.54) is 11.1 Å². The molecule has 2 heteroatoms. The fourth-order valence-electron chi connectivity index (χ4n) is 2.11. The Bertz CT molecular complexity index is 356. The number of nitrogens with zero attached hydrogens (tertiary/aromatic N) is 1. The standard InChI is InChI=1S/C15H26N2/c1-7-16-14(15(3,4)17(5)6)13-11-9-8-10-12(13)2/h8-11,14,16H,7H2,1-6H3. The quantitative estimate of drug-likeness (QED) is 0.842. The molecule has 1 rings (SSSR count). The van der Waals surface area contributed by atoms with E-state index in [2.05, 4.69) is 76.3 Å². The van der Waals surface area contributed by atoms with Crippen LogP contribution in [0, 0.1) is 6.92 Å². The molecule has 0 aliphatic rings. The summed E-state index contributed by atoms with van der Waals surface area (Å²) >= 11 is 0. The zero-order valence-electron chi connectivity index (χ0n) is 12.0. The minimum atomic E-state index is 0.0854. The van der Waals surface area contributed by atoms with Gasteiger partial charge in [-0.3, -0.25) is 0 Å². The average Bonchev–Trinajstić information content (AvgIpc) is 2.26. The Kier molecular flexibility index (Phi) is 4.72. The van der Waals surface area contributed by atoms with Gasteiger partial charge in [-0.15, -0.1) is 0 Å². The van der Waals surface area contributed by atoms with E-state index in [1.807, 2.05) is 0 Å². The van der Waals surface area contributed by atoms with Gasteiger partial charge in [-0.1, -0.05) is 31.2 Å². The Labute approximate surface area is 106 Å². The largest absolute Gasteiger partial charge is 0.309 e. The van der Waals surface area contributed by atoms with Crippen LogP contribution in [0.2, 0.25) is 0 Å². The maximum absolute atomic E-state index is 3.62. The molecule has 0 spiro atoms. The zero-order valence-corrected chi connectivity index (χ0v) is 12.0. The first-order chi connectivity index (χ1) is 7.91. The second-order valence-electron chi connectivity index (χ2n) is 5.40. The highest BCUT2D eigenvalue weighted by molar-refractivity contribution is 5.31. The van der Waals surface area contributed by atoms with E-state index in [1.54, 1.807) is 0 Å². The highest BCUT2D eigenvalue weighted by Crippen LogP contribution is 2.31. The molecule has 0 saturated carbocycles. The molecule has 1 aromatic rings. The molecule has 0 amide bonds. The highest BCUT2D eigenvalue weighted by atomic mass is 15.2. The van der Waals surface area contributed by atoms with Crippen molar-refractivity contribution in [3.63, 3.8) is 0 Å². The van der Waals surface area contributed by atoms with E-state index in [4.69, 9.17) is 0 Å². The summed E-state index contributed by atoms with van der Waals surface area (Å²) in [6, 6.07) is 8.99. The molecular weight excluding hydrogens is 208 g/mol. The Morgan fingerprint density at radius 1 is 1.24 bits per heavy atom.